The van der Waals surface area contributed by atoms with Gasteiger partial charge in [-0.25, -0.2) is 8.42 Å². The standard InChI is InChI=1S/C37H39Cl2N3O4S/c1-27-14-11-12-17-29(27)25-41(34(24-28-15-5-2-6-16-28)37(44)40-30-18-7-3-8-19-30)35(43)26-42(33-23-13-22-32(38)36(33)39)47(45,46)31-20-9-4-10-21-31/h2,4-6,9-17,20-23,30,34H,3,7-8,18-19,24-26H2,1H3,(H,40,44)/t34-/m1/s1. The number of hydrogen-bond donors (Lipinski definition) is 1. The maximum atomic E-state index is 14.7. The first-order valence-electron chi connectivity index (χ1n) is 15.8. The lowest BCUT2D eigenvalue weighted by atomic mass is 9.94. The van der Waals surface area contributed by atoms with Gasteiger partial charge in [0.2, 0.25) is 11.8 Å². The van der Waals surface area contributed by atoms with E-state index in [2.05, 4.69) is 5.32 Å². The first-order chi connectivity index (χ1) is 22.6. The maximum Gasteiger partial charge on any atom is 0.264 e. The Balaban J connectivity index is 1.59. The minimum absolute atomic E-state index is 0.00260. The summed E-state index contributed by atoms with van der Waals surface area (Å²) in [6.45, 7) is 1.44. The number of benzene rings is 4. The quantitative estimate of drug-likeness (QED) is 0.166. The molecular formula is C37H39Cl2N3O4S. The number of nitrogens with one attached hydrogen (secondary N) is 1. The van der Waals surface area contributed by atoms with Crippen LogP contribution in [0.3, 0.4) is 0 Å². The van der Waals surface area contributed by atoms with Gasteiger partial charge in [-0.05, 0) is 60.7 Å². The summed E-state index contributed by atoms with van der Waals surface area (Å²) in [6, 6.07) is 28.8. The number of rotatable bonds is 12. The van der Waals surface area contributed by atoms with E-state index in [9.17, 15) is 18.0 Å². The lowest BCUT2D eigenvalue weighted by molar-refractivity contribution is -0.140. The minimum atomic E-state index is -4.29. The van der Waals surface area contributed by atoms with Crippen LogP contribution < -0.4 is 9.62 Å². The molecule has 1 fully saturated rings. The zero-order valence-electron chi connectivity index (χ0n) is 26.3. The van der Waals surface area contributed by atoms with Crippen molar-refractivity contribution in [2.45, 2.75) is 69.0 Å². The van der Waals surface area contributed by atoms with Crippen molar-refractivity contribution in [1.29, 1.82) is 0 Å². The second-order valence-corrected chi connectivity index (χ2v) is 14.5. The van der Waals surface area contributed by atoms with Crippen LogP contribution in [-0.2, 0) is 32.6 Å². The molecule has 1 aliphatic rings. The molecule has 1 aliphatic carbocycles. The molecule has 4 aromatic carbocycles. The fourth-order valence-electron chi connectivity index (χ4n) is 5.99. The van der Waals surface area contributed by atoms with Gasteiger partial charge in [0.05, 0.1) is 20.6 Å². The highest BCUT2D eigenvalue weighted by Crippen LogP contribution is 2.35. The zero-order chi connectivity index (χ0) is 33.4. The molecule has 0 heterocycles. The number of halogens is 2. The molecule has 0 aliphatic heterocycles. The predicted octanol–water partition coefficient (Wildman–Crippen LogP) is 7.59. The van der Waals surface area contributed by atoms with Crippen LogP contribution in [0.15, 0.2) is 108 Å². The number of hydrogen-bond acceptors (Lipinski definition) is 4. The molecule has 47 heavy (non-hydrogen) atoms. The average molecular weight is 693 g/mol. The first kappa shape index (κ1) is 34.5. The summed E-state index contributed by atoms with van der Waals surface area (Å²) in [4.78, 5) is 30.4. The molecule has 0 unspecified atom stereocenters. The first-order valence-corrected chi connectivity index (χ1v) is 18.0. The Morgan fingerprint density at radius 2 is 1.47 bits per heavy atom. The molecule has 2 amide bonds. The van der Waals surface area contributed by atoms with Gasteiger partial charge >= 0.3 is 0 Å². The average Bonchev–Trinajstić information content (AvgIpc) is 3.08. The summed E-state index contributed by atoms with van der Waals surface area (Å²) in [5, 5.41) is 3.38. The van der Waals surface area contributed by atoms with E-state index in [4.69, 9.17) is 23.2 Å². The van der Waals surface area contributed by atoms with Gasteiger partial charge in [0.1, 0.15) is 12.6 Å². The van der Waals surface area contributed by atoms with E-state index < -0.39 is 28.5 Å². The van der Waals surface area contributed by atoms with Crippen molar-refractivity contribution in [3.05, 3.63) is 130 Å². The third-order valence-corrected chi connectivity index (χ3v) is 11.2. The Morgan fingerprint density at radius 3 is 2.15 bits per heavy atom. The van der Waals surface area contributed by atoms with E-state index in [-0.39, 0.29) is 45.5 Å². The van der Waals surface area contributed by atoms with Crippen LogP contribution in [0.25, 0.3) is 0 Å². The van der Waals surface area contributed by atoms with Crippen LogP contribution in [0.1, 0.15) is 48.8 Å². The smallest absolute Gasteiger partial charge is 0.264 e. The third kappa shape index (κ3) is 8.55. The molecule has 1 atom stereocenters. The Bertz CT molecular complexity index is 1780. The number of carbonyl (C=O) groups excluding carboxylic acids is 2. The SMILES string of the molecule is Cc1ccccc1CN(C(=O)CN(c1cccc(Cl)c1Cl)S(=O)(=O)c1ccccc1)[C@H](Cc1ccccc1)C(=O)NC1CCCCC1. The van der Waals surface area contributed by atoms with Gasteiger partial charge in [0.15, 0.2) is 0 Å². The van der Waals surface area contributed by atoms with E-state index in [0.29, 0.717) is 0 Å². The van der Waals surface area contributed by atoms with Gasteiger partial charge in [-0.3, -0.25) is 13.9 Å². The van der Waals surface area contributed by atoms with Crippen LogP contribution in [-0.4, -0.2) is 43.8 Å². The summed E-state index contributed by atoms with van der Waals surface area (Å²) >= 11 is 12.9. The van der Waals surface area contributed by atoms with Crippen molar-refractivity contribution in [2.75, 3.05) is 10.8 Å². The van der Waals surface area contributed by atoms with Gasteiger partial charge in [0.25, 0.3) is 10.0 Å². The van der Waals surface area contributed by atoms with E-state index in [1.54, 1.807) is 30.3 Å². The molecule has 1 N–H and O–H groups in total. The third-order valence-electron chi connectivity index (χ3n) is 8.63. The highest BCUT2D eigenvalue weighted by Gasteiger charge is 2.36. The highest BCUT2D eigenvalue weighted by molar-refractivity contribution is 7.92. The monoisotopic (exact) mass is 691 g/mol. The Labute approximate surface area is 287 Å². The Morgan fingerprint density at radius 1 is 0.830 bits per heavy atom. The molecule has 0 saturated heterocycles. The number of nitrogens with zero attached hydrogens (tertiary/aromatic N) is 2. The normalized spacial score (nSPS) is 14.3. The van der Waals surface area contributed by atoms with E-state index in [1.807, 2.05) is 61.5 Å². The molecule has 0 aromatic heterocycles. The predicted molar refractivity (Wildman–Crippen MR) is 188 cm³/mol. The zero-order valence-corrected chi connectivity index (χ0v) is 28.6. The molecule has 10 heteroatoms. The van der Waals surface area contributed by atoms with Gasteiger partial charge in [-0.15, -0.1) is 0 Å². The fourth-order valence-corrected chi connectivity index (χ4v) is 7.88. The molecule has 0 spiro atoms. The van der Waals surface area contributed by atoms with Gasteiger partial charge in [-0.2, -0.15) is 0 Å². The summed E-state index contributed by atoms with van der Waals surface area (Å²) in [5.41, 5.74) is 2.75. The molecular weight excluding hydrogens is 653 g/mol. The van der Waals surface area contributed by atoms with Crippen molar-refractivity contribution in [2.24, 2.45) is 0 Å². The van der Waals surface area contributed by atoms with Crippen LogP contribution in [0.2, 0.25) is 10.0 Å². The lowest BCUT2D eigenvalue weighted by Crippen LogP contribution is -2.55. The van der Waals surface area contributed by atoms with Crippen LogP contribution in [0.4, 0.5) is 5.69 Å². The van der Waals surface area contributed by atoms with Crippen LogP contribution >= 0.6 is 23.2 Å². The maximum absolute atomic E-state index is 14.7. The van der Waals surface area contributed by atoms with Crippen molar-refractivity contribution >= 4 is 50.7 Å². The molecule has 0 bridgehead atoms. The van der Waals surface area contributed by atoms with Crippen molar-refractivity contribution in [3.63, 3.8) is 0 Å². The second-order valence-electron chi connectivity index (χ2n) is 11.9. The van der Waals surface area contributed by atoms with E-state index in [0.717, 1.165) is 53.1 Å². The number of sulfonamides is 1. The van der Waals surface area contributed by atoms with Crippen LogP contribution in [0.5, 0.6) is 0 Å². The van der Waals surface area contributed by atoms with Crippen molar-refractivity contribution in [1.82, 2.24) is 10.2 Å². The summed E-state index contributed by atoms with van der Waals surface area (Å²) < 4.78 is 29.4. The van der Waals surface area contributed by atoms with E-state index >= 15 is 0 Å². The summed E-state index contributed by atoms with van der Waals surface area (Å²) in [7, 11) is -4.29. The molecule has 0 radical (unpaired) electrons. The number of amides is 2. The van der Waals surface area contributed by atoms with Gasteiger partial charge < -0.3 is 10.2 Å². The fraction of sp³-hybridized carbons (Fsp3) is 0.297. The molecule has 4 aromatic rings. The lowest BCUT2D eigenvalue weighted by Gasteiger charge is -2.35. The minimum Gasteiger partial charge on any atom is -0.352 e. The molecule has 5 rings (SSSR count). The van der Waals surface area contributed by atoms with Crippen molar-refractivity contribution < 1.29 is 18.0 Å². The number of anilines is 1. The van der Waals surface area contributed by atoms with Gasteiger partial charge in [0, 0.05) is 19.0 Å². The Hall–Kier alpha value is -3.85. The van der Waals surface area contributed by atoms with Gasteiger partial charge in [-0.1, -0.05) is 121 Å². The Kier molecular flexibility index (Phi) is 11.6. The molecule has 246 valence electrons. The summed E-state index contributed by atoms with van der Waals surface area (Å²) in [6.07, 6.45) is 5.22. The largest absolute Gasteiger partial charge is 0.352 e. The number of carbonyl (C=O) groups is 2. The summed E-state index contributed by atoms with van der Waals surface area (Å²) in [5.74, 6) is -0.815. The number of aryl methyl sites for hydroxylation is 1. The highest BCUT2D eigenvalue weighted by atomic mass is 35.5. The van der Waals surface area contributed by atoms with Crippen LogP contribution in [0, 0.1) is 6.92 Å². The second kappa shape index (κ2) is 15.8. The molecule has 1 saturated carbocycles. The van der Waals surface area contributed by atoms with Crippen molar-refractivity contribution in [3.8, 4) is 0 Å². The van der Waals surface area contributed by atoms with E-state index in [1.165, 1.54) is 23.1 Å². The topological polar surface area (TPSA) is 86.8 Å². The molecule has 7 nitrogen and oxygen atoms in total.